The number of hydrazine groups is 1. The Morgan fingerprint density at radius 3 is 2.67 bits per heavy atom. The van der Waals surface area contributed by atoms with Gasteiger partial charge in [-0.15, -0.1) is 0 Å². The smallest absolute Gasteiger partial charge is 0.408 e. The molecule has 1 atom stereocenters. The van der Waals surface area contributed by atoms with Crippen LogP contribution in [0.4, 0.5) is 4.79 Å². The number of nitrogens with zero attached hydrogens (tertiary/aromatic N) is 2. The van der Waals surface area contributed by atoms with Crippen molar-refractivity contribution in [3.05, 3.63) is 10.1 Å². The molecule has 21 heavy (non-hydrogen) atoms. The molecule has 10 nitrogen and oxygen atoms in total. The Kier molecular flexibility index (Phi) is 5.06. The molecule has 0 aromatic carbocycles. The third kappa shape index (κ3) is 5.24. The van der Waals surface area contributed by atoms with Crippen LogP contribution in [-0.2, 0) is 9.53 Å². The van der Waals surface area contributed by atoms with Gasteiger partial charge in [-0.2, -0.15) is 0 Å². The predicted molar refractivity (Wildman–Crippen MR) is 72.0 cm³/mol. The summed E-state index contributed by atoms with van der Waals surface area (Å²) in [5.41, 5.74) is 0.929. The summed E-state index contributed by atoms with van der Waals surface area (Å²) in [4.78, 5) is 35.0. The SMILES string of the molecule is CC(C)(C)OC(=O)NC1CCCN(C(=N)N[N+](=O)[O-])C1=O. The van der Waals surface area contributed by atoms with Crippen molar-refractivity contribution in [2.75, 3.05) is 6.54 Å². The fourth-order valence-corrected chi connectivity index (χ4v) is 1.83. The molecular formula is C11H19N5O5. The minimum atomic E-state index is -0.916. The van der Waals surface area contributed by atoms with Crippen LogP contribution < -0.4 is 10.7 Å². The molecule has 1 rings (SSSR count). The number of ether oxygens (including phenoxy) is 1. The van der Waals surface area contributed by atoms with E-state index in [9.17, 15) is 19.7 Å². The monoisotopic (exact) mass is 301 g/mol. The van der Waals surface area contributed by atoms with E-state index in [1.807, 2.05) is 0 Å². The molecule has 1 aliphatic rings. The van der Waals surface area contributed by atoms with Gasteiger partial charge in [0.25, 0.3) is 11.9 Å². The first-order valence-corrected chi connectivity index (χ1v) is 6.40. The summed E-state index contributed by atoms with van der Waals surface area (Å²) in [5.74, 6) is -1.20. The molecule has 3 N–H and O–H groups in total. The Balaban J connectivity index is 2.64. The molecule has 0 aromatic heterocycles. The van der Waals surface area contributed by atoms with Gasteiger partial charge in [0, 0.05) is 6.54 Å². The second-order valence-corrected chi connectivity index (χ2v) is 5.55. The lowest BCUT2D eigenvalue weighted by atomic mass is 10.1. The summed E-state index contributed by atoms with van der Waals surface area (Å²) in [6.45, 7) is 5.26. The van der Waals surface area contributed by atoms with Gasteiger partial charge >= 0.3 is 6.09 Å². The number of nitro groups is 1. The number of piperidine rings is 1. The summed E-state index contributed by atoms with van der Waals surface area (Å²) in [6.07, 6.45) is 0.158. The number of amides is 2. The van der Waals surface area contributed by atoms with Gasteiger partial charge in [-0.3, -0.25) is 15.1 Å². The van der Waals surface area contributed by atoms with Crippen molar-refractivity contribution < 1.29 is 19.4 Å². The van der Waals surface area contributed by atoms with Crippen LogP contribution in [0.15, 0.2) is 0 Å². The Morgan fingerprint density at radius 1 is 1.52 bits per heavy atom. The first-order chi connectivity index (χ1) is 9.60. The maximum absolute atomic E-state index is 12.1. The number of guanidine groups is 1. The zero-order valence-electron chi connectivity index (χ0n) is 12.1. The van der Waals surface area contributed by atoms with Crippen molar-refractivity contribution >= 4 is 18.0 Å². The van der Waals surface area contributed by atoms with E-state index in [0.29, 0.717) is 12.8 Å². The van der Waals surface area contributed by atoms with Gasteiger partial charge in [-0.1, -0.05) is 5.43 Å². The van der Waals surface area contributed by atoms with Crippen molar-refractivity contribution in [2.45, 2.75) is 45.3 Å². The molecule has 2 amide bonds. The first-order valence-electron chi connectivity index (χ1n) is 6.40. The van der Waals surface area contributed by atoms with Crippen LogP contribution in [0.3, 0.4) is 0 Å². The standard InChI is InChI=1S/C11H19N5O5/c1-11(2,3)21-10(18)13-7-5-4-6-15(8(7)17)9(12)14-16(19)20/h7H,4-6H2,1-3H3,(H2,12,14)(H,13,18). The first kappa shape index (κ1) is 16.7. The van der Waals surface area contributed by atoms with Gasteiger partial charge < -0.3 is 10.1 Å². The van der Waals surface area contributed by atoms with Crippen LogP contribution in [-0.4, -0.2) is 46.1 Å². The molecule has 0 saturated carbocycles. The number of hydrogen-bond donors (Lipinski definition) is 3. The largest absolute Gasteiger partial charge is 0.444 e. The molecule has 0 radical (unpaired) electrons. The van der Waals surface area contributed by atoms with Gasteiger partial charge in [0.1, 0.15) is 11.6 Å². The second kappa shape index (κ2) is 6.37. The van der Waals surface area contributed by atoms with Gasteiger partial charge in [0.05, 0.1) is 0 Å². The normalized spacial score (nSPS) is 18.9. The predicted octanol–water partition coefficient (Wildman–Crippen LogP) is 0.218. The number of likely N-dealkylation sites (tertiary alicyclic amines) is 1. The number of alkyl carbamates (subject to hydrolysis) is 1. The molecule has 0 bridgehead atoms. The Labute approximate surface area is 121 Å². The molecule has 1 heterocycles. The Morgan fingerprint density at radius 2 is 2.14 bits per heavy atom. The van der Waals surface area contributed by atoms with E-state index in [1.54, 1.807) is 26.2 Å². The van der Waals surface area contributed by atoms with Crippen molar-refractivity contribution in [1.82, 2.24) is 15.6 Å². The number of rotatable bonds is 2. The van der Waals surface area contributed by atoms with E-state index in [1.165, 1.54) is 0 Å². The van der Waals surface area contributed by atoms with Crippen LogP contribution in [0.2, 0.25) is 0 Å². The van der Waals surface area contributed by atoms with Gasteiger partial charge in [-0.05, 0) is 33.6 Å². The second-order valence-electron chi connectivity index (χ2n) is 5.55. The molecule has 10 heteroatoms. The summed E-state index contributed by atoms with van der Waals surface area (Å²) in [7, 11) is 0. The van der Waals surface area contributed by atoms with Crippen LogP contribution >= 0.6 is 0 Å². The molecule has 1 aliphatic heterocycles. The summed E-state index contributed by atoms with van der Waals surface area (Å²) in [5, 5.41) is 19.3. The third-order valence-corrected chi connectivity index (χ3v) is 2.60. The average Bonchev–Trinajstić information content (AvgIpc) is 2.28. The maximum Gasteiger partial charge on any atom is 0.408 e. The number of hydrogen-bond acceptors (Lipinski definition) is 6. The van der Waals surface area contributed by atoms with Crippen molar-refractivity contribution in [3.8, 4) is 0 Å². The summed E-state index contributed by atoms with van der Waals surface area (Å²) < 4.78 is 5.05. The lowest BCUT2D eigenvalue weighted by Gasteiger charge is -2.31. The van der Waals surface area contributed by atoms with Crippen molar-refractivity contribution in [1.29, 1.82) is 5.41 Å². The third-order valence-electron chi connectivity index (χ3n) is 2.60. The summed E-state index contributed by atoms with van der Waals surface area (Å²) in [6, 6.07) is -0.859. The van der Waals surface area contributed by atoms with Gasteiger partial charge in [-0.25, -0.2) is 14.9 Å². The topological polar surface area (TPSA) is 138 Å². The van der Waals surface area contributed by atoms with Crippen LogP contribution in [0.1, 0.15) is 33.6 Å². The van der Waals surface area contributed by atoms with E-state index in [-0.39, 0.29) is 6.54 Å². The van der Waals surface area contributed by atoms with E-state index in [4.69, 9.17) is 10.1 Å². The van der Waals surface area contributed by atoms with Crippen LogP contribution in [0.5, 0.6) is 0 Å². The maximum atomic E-state index is 12.1. The lowest BCUT2D eigenvalue weighted by Crippen LogP contribution is -2.57. The quantitative estimate of drug-likeness (QED) is 0.288. The van der Waals surface area contributed by atoms with E-state index < -0.39 is 34.6 Å². The number of nitrogens with one attached hydrogen (secondary N) is 3. The lowest BCUT2D eigenvalue weighted by molar-refractivity contribution is -0.526. The fourth-order valence-electron chi connectivity index (χ4n) is 1.83. The van der Waals surface area contributed by atoms with Crippen LogP contribution in [0, 0.1) is 15.5 Å². The molecule has 118 valence electrons. The van der Waals surface area contributed by atoms with Gasteiger partial charge in [0.15, 0.2) is 5.03 Å². The number of carbonyl (C=O) groups excluding carboxylic acids is 2. The summed E-state index contributed by atoms with van der Waals surface area (Å²) >= 11 is 0. The molecular weight excluding hydrogens is 282 g/mol. The van der Waals surface area contributed by atoms with E-state index >= 15 is 0 Å². The van der Waals surface area contributed by atoms with E-state index in [0.717, 1.165) is 4.90 Å². The fraction of sp³-hybridized carbons (Fsp3) is 0.727. The Hall–Kier alpha value is -2.39. The van der Waals surface area contributed by atoms with Crippen molar-refractivity contribution in [2.24, 2.45) is 0 Å². The highest BCUT2D eigenvalue weighted by atomic mass is 16.7. The highest BCUT2D eigenvalue weighted by Gasteiger charge is 2.34. The minimum Gasteiger partial charge on any atom is -0.444 e. The molecule has 1 fully saturated rings. The van der Waals surface area contributed by atoms with E-state index in [2.05, 4.69) is 5.32 Å². The highest BCUT2D eigenvalue weighted by molar-refractivity contribution is 5.99. The Bertz CT molecular complexity index is 458. The number of carbonyl (C=O) groups is 2. The van der Waals surface area contributed by atoms with Crippen molar-refractivity contribution in [3.63, 3.8) is 0 Å². The zero-order valence-corrected chi connectivity index (χ0v) is 12.1. The molecule has 1 saturated heterocycles. The zero-order chi connectivity index (χ0) is 16.2. The molecule has 1 unspecified atom stereocenters. The average molecular weight is 301 g/mol. The minimum absolute atomic E-state index is 0.186. The molecule has 0 aromatic rings. The van der Waals surface area contributed by atoms with Gasteiger partial charge in [0.2, 0.25) is 0 Å². The van der Waals surface area contributed by atoms with Crippen LogP contribution in [0.25, 0.3) is 0 Å². The molecule has 0 spiro atoms. The molecule has 0 aliphatic carbocycles. The highest BCUT2D eigenvalue weighted by Crippen LogP contribution is 2.13.